The van der Waals surface area contributed by atoms with Crippen molar-refractivity contribution in [1.82, 2.24) is 20.2 Å². The van der Waals surface area contributed by atoms with Crippen molar-refractivity contribution in [3.05, 3.63) is 47.9 Å². The van der Waals surface area contributed by atoms with Crippen LogP contribution in [0.15, 0.2) is 36.7 Å². The van der Waals surface area contributed by atoms with E-state index in [1.165, 1.54) is 5.56 Å². The molecule has 0 amide bonds. The molecule has 2 aromatic rings. The molecule has 0 bridgehead atoms. The van der Waals surface area contributed by atoms with Gasteiger partial charge in [0, 0.05) is 57.6 Å². The number of rotatable bonds is 9. The molecule has 0 saturated carbocycles. The zero-order chi connectivity index (χ0) is 21.5. The molecule has 2 saturated heterocycles. The van der Waals surface area contributed by atoms with Gasteiger partial charge in [0.2, 0.25) is 0 Å². The Labute approximate surface area is 184 Å². The fraction of sp³-hybridized carbons (Fsp3) is 0.565. The van der Waals surface area contributed by atoms with E-state index in [1.54, 1.807) is 6.33 Å². The molecular weight excluding hydrogens is 394 g/mol. The van der Waals surface area contributed by atoms with Gasteiger partial charge in [0.05, 0.1) is 18.8 Å². The van der Waals surface area contributed by atoms with Gasteiger partial charge in [-0.3, -0.25) is 4.90 Å². The first kappa shape index (κ1) is 22.0. The van der Waals surface area contributed by atoms with E-state index in [4.69, 9.17) is 9.47 Å². The first-order valence-electron chi connectivity index (χ1n) is 11.1. The fourth-order valence-corrected chi connectivity index (χ4v) is 4.07. The van der Waals surface area contributed by atoms with Crippen LogP contribution in [0.2, 0.25) is 0 Å². The number of aromatic nitrogens is 2. The van der Waals surface area contributed by atoms with E-state index in [-0.39, 0.29) is 0 Å². The second kappa shape index (κ2) is 10.4. The van der Waals surface area contributed by atoms with Crippen LogP contribution in [0, 0.1) is 6.92 Å². The van der Waals surface area contributed by atoms with E-state index in [0.717, 1.165) is 63.1 Å². The number of hydrogen-bond donors (Lipinski definition) is 2. The highest BCUT2D eigenvalue weighted by atomic mass is 16.5. The van der Waals surface area contributed by atoms with Gasteiger partial charge in [-0.05, 0) is 31.0 Å². The Bertz CT molecular complexity index is 828. The Hall–Kier alpha value is -2.26. The normalized spacial score (nSPS) is 22.1. The summed E-state index contributed by atoms with van der Waals surface area (Å²) < 4.78 is 11.2. The quantitative estimate of drug-likeness (QED) is 0.618. The minimum Gasteiger partial charge on any atom is -0.492 e. The standard InChI is InChI=1S/C23H33N5O3/c1-19-14-22(26-18-25-19)28-7-6-23(29,17-28)16-24-15-20-2-4-21(5-3-20)31-13-10-27-8-11-30-12-9-27/h2-5,14,18,24,29H,6-13,15-17H2,1H3/t23-/m0/s1. The van der Waals surface area contributed by atoms with Crippen LogP contribution < -0.4 is 15.0 Å². The minimum absolute atomic E-state index is 0.547. The third-order valence-electron chi connectivity index (χ3n) is 5.93. The number of anilines is 1. The van der Waals surface area contributed by atoms with Gasteiger partial charge in [-0.15, -0.1) is 0 Å². The average molecular weight is 428 g/mol. The number of benzene rings is 1. The first-order chi connectivity index (χ1) is 15.1. The van der Waals surface area contributed by atoms with Crippen molar-refractivity contribution in [2.24, 2.45) is 0 Å². The van der Waals surface area contributed by atoms with Gasteiger partial charge in [0.15, 0.2) is 0 Å². The van der Waals surface area contributed by atoms with E-state index in [2.05, 4.69) is 37.2 Å². The molecule has 31 heavy (non-hydrogen) atoms. The summed E-state index contributed by atoms with van der Waals surface area (Å²) in [7, 11) is 0. The molecule has 2 aliphatic heterocycles. The molecule has 1 aromatic heterocycles. The highest BCUT2D eigenvalue weighted by Crippen LogP contribution is 2.25. The van der Waals surface area contributed by atoms with Crippen LogP contribution in [0.5, 0.6) is 5.75 Å². The van der Waals surface area contributed by atoms with Crippen LogP contribution in [-0.2, 0) is 11.3 Å². The topological polar surface area (TPSA) is 83.0 Å². The summed E-state index contributed by atoms with van der Waals surface area (Å²) in [5.41, 5.74) is 1.36. The minimum atomic E-state index is -0.749. The molecule has 2 aliphatic rings. The predicted octanol–water partition coefficient (Wildman–Crippen LogP) is 1.23. The molecule has 8 heteroatoms. The van der Waals surface area contributed by atoms with E-state index >= 15 is 0 Å². The van der Waals surface area contributed by atoms with E-state index in [0.29, 0.717) is 26.2 Å². The summed E-state index contributed by atoms with van der Waals surface area (Å²) in [4.78, 5) is 13.0. The number of hydrogen-bond acceptors (Lipinski definition) is 8. The van der Waals surface area contributed by atoms with Gasteiger partial charge in [-0.1, -0.05) is 12.1 Å². The molecule has 3 heterocycles. The molecular formula is C23H33N5O3. The number of nitrogens with one attached hydrogen (secondary N) is 1. The molecule has 0 aliphatic carbocycles. The smallest absolute Gasteiger partial charge is 0.132 e. The molecule has 1 atom stereocenters. The van der Waals surface area contributed by atoms with Crippen molar-refractivity contribution in [1.29, 1.82) is 0 Å². The number of aliphatic hydroxyl groups is 1. The summed E-state index contributed by atoms with van der Waals surface area (Å²) in [5, 5.41) is 14.3. The number of nitrogens with zero attached hydrogens (tertiary/aromatic N) is 4. The highest BCUT2D eigenvalue weighted by Gasteiger charge is 2.36. The van der Waals surface area contributed by atoms with Gasteiger partial charge in [0.25, 0.3) is 0 Å². The molecule has 168 valence electrons. The molecule has 2 N–H and O–H groups in total. The zero-order valence-electron chi connectivity index (χ0n) is 18.3. The fourth-order valence-electron chi connectivity index (χ4n) is 4.07. The van der Waals surface area contributed by atoms with Crippen molar-refractivity contribution >= 4 is 5.82 Å². The van der Waals surface area contributed by atoms with Gasteiger partial charge < -0.3 is 24.8 Å². The van der Waals surface area contributed by atoms with Gasteiger partial charge in [0.1, 0.15) is 24.5 Å². The molecule has 0 spiro atoms. The summed E-state index contributed by atoms with van der Waals surface area (Å²) >= 11 is 0. The van der Waals surface area contributed by atoms with Crippen LogP contribution in [0.4, 0.5) is 5.82 Å². The third kappa shape index (κ3) is 6.36. The largest absolute Gasteiger partial charge is 0.492 e. The van der Waals surface area contributed by atoms with Crippen molar-refractivity contribution in [2.75, 3.05) is 64.0 Å². The van der Waals surface area contributed by atoms with Gasteiger partial charge >= 0.3 is 0 Å². The van der Waals surface area contributed by atoms with Crippen molar-refractivity contribution in [3.8, 4) is 5.75 Å². The lowest BCUT2D eigenvalue weighted by atomic mass is 10.0. The Morgan fingerprint density at radius 1 is 1.16 bits per heavy atom. The number of morpholine rings is 1. The zero-order valence-corrected chi connectivity index (χ0v) is 18.3. The maximum Gasteiger partial charge on any atom is 0.132 e. The SMILES string of the molecule is Cc1cc(N2CC[C@](O)(CNCc3ccc(OCCN4CCOCC4)cc3)C2)ncn1. The predicted molar refractivity (Wildman–Crippen MR) is 119 cm³/mol. The summed E-state index contributed by atoms with van der Waals surface area (Å²) in [6.45, 7) is 9.79. The Morgan fingerprint density at radius 3 is 2.74 bits per heavy atom. The molecule has 8 nitrogen and oxygen atoms in total. The molecule has 1 aromatic carbocycles. The molecule has 2 fully saturated rings. The highest BCUT2D eigenvalue weighted by molar-refractivity contribution is 5.41. The summed E-state index contributed by atoms with van der Waals surface area (Å²) in [6.07, 6.45) is 2.30. The van der Waals surface area contributed by atoms with Crippen LogP contribution in [0.3, 0.4) is 0 Å². The second-order valence-corrected chi connectivity index (χ2v) is 8.46. The Balaban J connectivity index is 1.17. The van der Waals surface area contributed by atoms with Crippen molar-refractivity contribution < 1.29 is 14.6 Å². The third-order valence-corrected chi connectivity index (χ3v) is 5.93. The second-order valence-electron chi connectivity index (χ2n) is 8.46. The van der Waals surface area contributed by atoms with E-state index < -0.39 is 5.60 Å². The van der Waals surface area contributed by atoms with Crippen molar-refractivity contribution in [2.45, 2.75) is 25.5 Å². The summed E-state index contributed by atoms with van der Waals surface area (Å²) in [5.74, 6) is 1.77. The average Bonchev–Trinajstić information content (AvgIpc) is 3.18. The molecule has 4 rings (SSSR count). The number of aryl methyl sites for hydroxylation is 1. The van der Waals surface area contributed by atoms with Crippen LogP contribution >= 0.6 is 0 Å². The van der Waals surface area contributed by atoms with Crippen LogP contribution in [-0.4, -0.2) is 84.7 Å². The van der Waals surface area contributed by atoms with Gasteiger partial charge in [-0.2, -0.15) is 0 Å². The lowest BCUT2D eigenvalue weighted by Crippen LogP contribution is -2.43. The van der Waals surface area contributed by atoms with Crippen LogP contribution in [0.25, 0.3) is 0 Å². The van der Waals surface area contributed by atoms with Crippen molar-refractivity contribution in [3.63, 3.8) is 0 Å². The number of ether oxygens (including phenoxy) is 2. The lowest BCUT2D eigenvalue weighted by molar-refractivity contribution is 0.0322. The monoisotopic (exact) mass is 427 g/mol. The Morgan fingerprint density at radius 2 is 1.97 bits per heavy atom. The number of β-amino-alcohol motifs (C(OH)–C–C–N with tert-alkyl or cyclic N) is 1. The summed E-state index contributed by atoms with van der Waals surface area (Å²) in [6, 6.07) is 10.1. The van der Waals surface area contributed by atoms with Gasteiger partial charge in [-0.25, -0.2) is 9.97 Å². The lowest BCUT2D eigenvalue weighted by Gasteiger charge is -2.26. The first-order valence-corrected chi connectivity index (χ1v) is 11.1. The molecule has 0 unspecified atom stereocenters. The van der Waals surface area contributed by atoms with E-state index in [1.807, 2.05) is 25.1 Å². The Kier molecular flexibility index (Phi) is 7.34. The van der Waals surface area contributed by atoms with E-state index in [9.17, 15) is 5.11 Å². The van der Waals surface area contributed by atoms with Crippen LogP contribution in [0.1, 0.15) is 17.7 Å². The molecule has 0 radical (unpaired) electrons. The maximum absolute atomic E-state index is 10.9. The maximum atomic E-state index is 10.9.